The first-order valence-corrected chi connectivity index (χ1v) is 11.3. The SMILES string of the molecule is CCCNC(=O)c1cc(NS(=O)(=O)c2ccc(Cl)cc2)cnc1N1CCNCC1. The summed E-state index contributed by atoms with van der Waals surface area (Å²) in [4.78, 5) is 19.2. The van der Waals surface area contributed by atoms with Crippen LogP contribution in [-0.4, -0.2) is 52.0 Å². The topological polar surface area (TPSA) is 103 Å². The van der Waals surface area contributed by atoms with Crippen molar-refractivity contribution in [2.75, 3.05) is 42.3 Å². The van der Waals surface area contributed by atoms with Crippen LogP contribution in [0.5, 0.6) is 0 Å². The summed E-state index contributed by atoms with van der Waals surface area (Å²) in [6, 6.07) is 7.38. The largest absolute Gasteiger partial charge is 0.353 e. The van der Waals surface area contributed by atoms with Gasteiger partial charge in [0.25, 0.3) is 15.9 Å². The van der Waals surface area contributed by atoms with Crippen LogP contribution in [-0.2, 0) is 10.0 Å². The van der Waals surface area contributed by atoms with Gasteiger partial charge in [0.2, 0.25) is 0 Å². The average Bonchev–Trinajstić information content (AvgIpc) is 2.72. The Morgan fingerprint density at radius 3 is 2.59 bits per heavy atom. The molecule has 8 nitrogen and oxygen atoms in total. The summed E-state index contributed by atoms with van der Waals surface area (Å²) in [6.45, 7) is 5.52. The monoisotopic (exact) mass is 437 g/mol. The Kier molecular flexibility index (Phi) is 6.94. The van der Waals surface area contributed by atoms with Gasteiger partial charge in [0, 0.05) is 37.7 Å². The Hall–Kier alpha value is -2.36. The molecule has 156 valence electrons. The fourth-order valence-electron chi connectivity index (χ4n) is 2.97. The number of pyridine rings is 1. The van der Waals surface area contributed by atoms with Crippen molar-refractivity contribution in [3.63, 3.8) is 0 Å². The molecule has 1 saturated heterocycles. The number of carbonyl (C=O) groups excluding carboxylic acids is 1. The van der Waals surface area contributed by atoms with E-state index >= 15 is 0 Å². The van der Waals surface area contributed by atoms with Gasteiger partial charge in [-0.1, -0.05) is 18.5 Å². The first kappa shape index (κ1) is 21.4. The second-order valence-electron chi connectivity index (χ2n) is 6.65. The lowest BCUT2D eigenvalue weighted by Gasteiger charge is -2.30. The Morgan fingerprint density at radius 2 is 1.93 bits per heavy atom. The minimum Gasteiger partial charge on any atom is -0.353 e. The van der Waals surface area contributed by atoms with E-state index in [4.69, 9.17) is 11.6 Å². The number of aromatic nitrogens is 1. The number of halogens is 1. The maximum atomic E-state index is 12.7. The van der Waals surface area contributed by atoms with Crippen LogP contribution in [0.2, 0.25) is 5.02 Å². The molecule has 0 atom stereocenters. The number of nitrogens with zero attached hydrogens (tertiary/aromatic N) is 2. The van der Waals surface area contributed by atoms with Crippen LogP contribution in [0.25, 0.3) is 0 Å². The molecule has 1 amide bonds. The molecule has 0 bridgehead atoms. The molecule has 0 aliphatic carbocycles. The van der Waals surface area contributed by atoms with Crippen LogP contribution in [0, 0.1) is 0 Å². The number of sulfonamides is 1. The number of hydrogen-bond acceptors (Lipinski definition) is 6. The highest BCUT2D eigenvalue weighted by atomic mass is 35.5. The second kappa shape index (κ2) is 9.43. The summed E-state index contributed by atoms with van der Waals surface area (Å²) in [5.74, 6) is 0.273. The zero-order valence-electron chi connectivity index (χ0n) is 16.1. The fraction of sp³-hybridized carbons (Fsp3) is 0.368. The second-order valence-corrected chi connectivity index (χ2v) is 8.77. The fourth-order valence-corrected chi connectivity index (χ4v) is 4.13. The molecule has 0 radical (unpaired) electrons. The van der Waals surface area contributed by atoms with E-state index in [1.54, 1.807) is 0 Å². The molecule has 29 heavy (non-hydrogen) atoms. The van der Waals surface area contributed by atoms with Crippen LogP contribution in [0.3, 0.4) is 0 Å². The summed E-state index contributed by atoms with van der Waals surface area (Å²) < 4.78 is 27.8. The number of carbonyl (C=O) groups is 1. The standard InChI is InChI=1S/C19H24ClN5O3S/c1-2-7-22-19(26)17-12-15(13-23-18(17)25-10-8-21-9-11-25)24-29(27,28)16-5-3-14(20)4-6-16/h3-6,12-13,21,24H,2,7-11H2,1H3,(H,22,26). The number of anilines is 2. The molecule has 10 heteroatoms. The van der Waals surface area contributed by atoms with Crippen LogP contribution < -0.4 is 20.3 Å². The Labute approximate surface area is 175 Å². The third-order valence-corrected chi connectivity index (χ3v) is 6.09. The van der Waals surface area contributed by atoms with Gasteiger partial charge < -0.3 is 15.5 Å². The predicted molar refractivity (Wildman–Crippen MR) is 114 cm³/mol. The van der Waals surface area contributed by atoms with Crippen molar-refractivity contribution in [1.29, 1.82) is 0 Å². The molecule has 1 aliphatic rings. The van der Waals surface area contributed by atoms with Crippen LogP contribution in [0.4, 0.5) is 11.5 Å². The minimum absolute atomic E-state index is 0.0741. The van der Waals surface area contributed by atoms with Gasteiger partial charge in [0.05, 0.1) is 22.3 Å². The molecule has 1 fully saturated rings. The molecule has 0 unspecified atom stereocenters. The van der Waals surface area contributed by atoms with E-state index in [1.807, 2.05) is 11.8 Å². The van der Waals surface area contributed by atoms with Crippen LogP contribution in [0.15, 0.2) is 41.4 Å². The maximum absolute atomic E-state index is 12.7. The van der Waals surface area contributed by atoms with E-state index in [9.17, 15) is 13.2 Å². The number of amides is 1. The van der Waals surface area contributed by atoms with E-state index in [1.165, 1.54) is 36.5 Å². The van der Waals surface area contributed by atoms with E-state index in [0.29, 0.717) is 22.9 Å². The Morgan fingerprint density at radius 1 is 1.24 bits per heavy atom. The van der Waals surface area contributed by atoms with Crippen molar-refractivity contribution in [1.82, 2.24) is 15.6 Å². The lowest BCUT2D eigenvalue weighted by molar-refractivity contribution is 0.0954. The predicted octanol–water partition coefficient (Wildman–Crippen LogP) is 2.09. The third-order valence-electron chi connectivity index (χ3n) is 4.44. The normalized spacial score (nSPS) is 14.5. The molecule has 3 N–H and O–H groups in total. The van der Waals surface area contributed by atoms with E-state index in [2.05, 4.69) is 20.3 Å². The molecule has 0 spiro atoms. The van der Waals surface area contributed by atoms with Crippen molar-refractivity contribution in [3.05, 3.63) is 47.1 Å². The molecule has 1 aromatic heterocycles. The highest BCUT2D eigenvalue weighted by molar-refractivity contribution is 7.92. The van der Waals surface area contributed by atoms with Crippen LogP contribution in [0.1, 0.15) is 23.7 Å². The number of piperazine rings is 1. The van der Waals surface area contributed by atoms with Crippen molar-refractivity contribution < 1.29 is 13.2 Å². The van der Waals surface area contributed by atoms with Gasteiger partial charge in [-0.25, -0.2) is 13.4 Å². The first-order valence-electron chi connectivity index (χ1n) is 9.43. The lowest BCUT2D eigenvalue weighted by Crippen LogP contribution is -2.44. The first-order chi connectivity index (χ1) is 13.9. The summed E-state index contributed by atoms with van der Waals surface area (Å²) in [6.07, 6.45) is 2.23. The lowest BCUT2D eigenvalue weighted by atomic mass is 10.2. The molecule has 2 aromatic rings. The van der Waals surface area contributed by atoms with Crippen molar-refractivity contribution in [2.24, 2.45) is 0 Å². The van der Waals surface area contributed by atoms with Gasteiger partial charge in [0.1, 0.15) is 5.82 Å². The quantitative estimate of drug-likeness (QED) is 0.612. The molecular weight excluding hydrogens is 414 g/mol. The summed E-state index contributed by atoms with van der Waals surface area (Å²) in [7, 11) is -3.83. The highest BCUT2D eigenvalue weighted by Crippen LogP contribution is 2.24. The zero-order valence-corrected chi connectivity index (χ0v) is 17.7. The Bertz CT molecular complexity index is 960. The highest BCUT2D eigenvalue weighted by Gasteiger charge is 2.22. The number of nitrogens with one attached hydrogen (secondary N) is 3. The van der Waals surface area contributed by atoms with Gasteiger partial charge >= 0.3 is 0 Å². The molecular formula is C19H24ClN5O3S. The summed E-state index contributed by atoms with van der Waals surface area (Å²) in [5, 5.41) is 6.55. The molecule has 1 aliphatic heterocycles. The summed E-state index contributed by atoms with van der Waals surface area (Å²) >= 11 is 5.83. The van der Waals surface area contributed by atoms with Crippen molar-refractivity contribution in [3.8, 4) is 0 Å². The van der Waals surface area contributed by atoms with Gasteiger partial charge in [-0.2, -0.15) is 0 Å². The minimum atomic E-state index is -3.83. The zero-order chi connectivity index (χ0) is 20.9. The molecule has 0 saturated carbocycles. The van der Waals surface area contributed by atoms with Crippen molar-refractivity contribution >= 4 is 39.0 Å². The van der Waals surface area contributed by atoms with E-state index in [-0.39, 0.29) is 16.5 Å². The number of rotatable bonds is 7. The van der Waals surface area contributed by atoms with Gasteiger partial charge in [0.15, 0.2) is 0 Å². The molecule has 1 aromatic carbocycles. The summed E-state index contributed by atoms with van der Waals surface area (Å²) in [5.41, 5.74) is 0.567. The van der Waals surface area contributed by atoms with Crippen molar-refractivity contribution in [2.45, 2.75) is 18.2 Å². The van der Waals surface area contributed by atoms with E-state index < -0.39 is 10.0 Å². The number of hydrogen-bond donors (Lipinski definition) is 3. The van der Waals surface area contributed by atoms with Gasteiger partial charge in [-0.3, -0.25) is 9.52 Å². The molecule has 2 heterocycles. The third kappa shape index (κ3) is 5.37. The van der Waals surface area contributed by atoms with Crippen LogP contribution >= 0.6 is 11.6 Å². The average molecular weight is 438 g/mol. The Balaban J connectivity index is 1.91. The van der Waals surface area contributed by atoms with Gasteiger partial charge in [-0.05, 0) is 36.8 Å². The van der Waals surface area contributed by atoms with E-state index in [0.717, 1.165) is 32.6 Å². The number of benzene rings is 1. The van der Waals surface area contributed by atoms with Gasteiger partial charge in [-0.15, -0.1) is 0 Å². The smallest absolute Gasteiger partial charge is 0.261 e. The molecule has 3 rings (SSSR count). The maximum Gasteiger partial charge on any atom is 0.261 e.